The lowest BCUT2D eigenvalue weighted by atomic mass is 10.1. The Bertz CT molecular complexity index is 157. The summed E-state index contributed by atoms with van der Waals surface area (Å²) < 4.78 is 0. The Morgan fingerprint density at radius 3 is 2.25 bits per heavy atom. The van der Waals surface area contributed by atoms with Crippen LogP contribution in [0.25, 0.3) is 0 Å². The van der Waals surface area contributed by atoms with Gasteiger partial charge in [0.25, 0.3) is 0 Å². The highest BCUT2D eigenvalue weighted by molar-refractivity contribution is 6.17. The molecule has 0 aliphatic heterocycles. The fourth-order valence-corrected chi connectivity index (χ4v) is 3.22. The van der Waals surface area contributed by atoms with E-state index in [9.17, 15) is 5.11 Å². The molecule has 0 aromatic heterocycles. The van der Waals surface area contributed by atoms with Crippen LogP contribution < -0.4 is 0 Å². The third-order valence-corrected chi connectivity index (χ3v) is 3.87. The van der Waals surface area contributed by atoms with E-state index < -0.39 is 0 Å². The average molecular weight is 189 g/mol. The molecule has 12 heavy (non-hydrogen) atoms. The molecule has 2 aliphatic carbocycles. The van der Waals surface area contributed by atoms with E-state index in [2.05, 4.69) is 0 Å². The third kappa shape index (κ3) is 1.27. The molecule has 2 aliphatic rings. The topological polar surface area (TPSA) is 20.2 Å². The van der Waals surface area contributed by atoms with Gasteiger partial charge in [-0.3, -0.25) is 0 Å². The van der Waals surface area contributed by atoms with Gasteiger partial charge >= 0.3 is 0 Å². The lowest BCUT2D eigenvalue weighted by Crippen LogP contribution is -2.14. The highest BCUT2D eigenvalue weighted by Crippen LogP contribution is 2.59. The number of hydrogen-bond acceptors (Lipinski definition) is 1. The summed E-state index contributed by atoms with van der Waals surface area (Å²) in [7, 11) is 0. The molecule has 2 unspecified atom stereocenters. The summed E-state index contributed by atoms with van der Waals surface area (Å²) in [6, 6.07) is 0. The molecule has 0 aromatic rings. The predicted molar refractivity (Wildman–Crippen MR) is 50.4 cm³/mol. The number of alkyl halides is 1. The van der Waals surface area contributed by atoms with Gasteiger partial charge in [-0.2, -0.15) is 0 Å². The quantitative estimate of drug-likeness (QED) is 0.661. The molecule has 1 nitrogen and oxygen atoms in total. The maximum absolute atomic E-state index is 10.1. The lowest BCUT2D eigenvalue weighted by molar-refractivity contribution is 0.108. The van der Waals surface area contributed by atoms with Gasteiger partial charge < -0.3 is 5.11 Å². The normalized spacial score (nSPS) is 46.5. The van der Waals surface area contributed by atoms with Gasteiger partial charge in [-0.15, -0.1) is 11.6 Å². The Morgan fingerprint density at radius 1 is 1.17 bits per heavy atom. The molecule has 0 amide bonds. The van der Waals surface area contributed by atoms with Crippen molar-refractivity contribution in [3.8, 4) is 0 Å². The van der Waals surface area contributed by atoms with Crippen LogP contribution in [-0.4, -0.2) is 16.6 Å². The minimum atomic E-state index is -0.345. The fourth-order valence-electron chi connectivity index (χ4n) is 2.92. The second-order valence-corrected chi connectivity index (χ2v) is 4.66. The van der Waals surface area contributed by atoms with E-state index in [0.717, 1.165) is 6.42 Å². The van der Waals surface area contributed by atoms with Crippen LogP contribution >= 0.6 is 11.6 Å². The first-order chi connectivity index (χ1) is 5.79. The van der Waals surface area contributed by atoms with E-state index >= 15 is 0 Å². The zero-order valence-electron chi connectivity index (χ0n) is 7.43. The van der Waals surface area contributed by atoms with Crippen molar-refractivity contribution < 1.29 is 5.11 Å². The molecule has 0 bridgehead atoms. The summed E-state index contributed by atoms with van der Waals surface area (Å²) in [4.78, 5) is 0. The van der Waals surface area contributed by atoms with Gasteiger partial charge in [0.15, 0.2) is 0 Å². The fraction of sp³-hybridized carbons (Fsp3) is 1.00. The molecule has 2 heteroatoms. The van der Waals surface area contributed by atoms with Crippen molar-refractivity contribution in [1.82, 2.24) is 0 Å². The monoisotopic (exact) mass is 188 g/mol. The maximum atomic E-state index is 10.1. The zero-order chi connectivity index (χ0) is 8.60. The van der Waals surface area contributed by atoms with Crippen molar-refractivity contribution in [2.45, 2.75) is 44.1 Å². The molecule has 2 rings (SSSR count). The number of aliphatic hydroxyl groups is 1. The Hall–Kier alpha value is 0.250. The molecule has 1 N–H and O–H groups in total. The van der Waals surface area contributed by atoms with Crippen molar-refractivity contribution in [2.24, 2.45) is 11.8 Å². The number of fused-ring (bicyclic) bond motifs is 1. The largest absolute Gasteiger partial charge is 0.389 e. The summed E-state index contributed by atoms with van der Waals surface area (Å²) in [5.74, 6) is 1.81. The Kier molecular flexibility index (Phi) is 2.35. The number of rotatable bonds is 2. The Morgan fingerprint density at radius 2 is 1.75 bits per heavy atom. The minimum absolute atomic E-state index is 0.345. The second-order valence-electron chi connectivity index (χ2n) is 4.28. The first-order valence-corrected chi connectivity index (χ1v) is 5.61. The van der Waals surface area contributed by atoms with Crippen molar-refractivity contribution in [3.63, 3.8) is 0 Å². The molecule has 0 spiro atoms. The van der Waals surface area contributed by atoms with Gasteiger partial charge in [0.05, 0.1) is 5.60 Å². The first kappa shape index (κ1) is 8.83. The average Bonchev–Trinajstić information content (AvgIpc) is 2.66. The predicted octanol–water partition coefficient (Wildman–Crippen LogP) is 2.56. The standard InChI is InChI=1S/C10H17ClO/c11-7-6-10(12)8-4-2-1-3-5-9(8)10/h8-9,12H,1-7H2. The van der Waals surface area contributed by atoms with E-state index in [1.54, 1.807) is 0 Å². The SMILES string of the molecule is OC1(CCCl)C2CCCCCC21. The van der Waals surface area contributed by atoms with Crippen LogP contribution in [0.3, 0.4) is 0 Å². The molecular weight excluding hydrogens is 172 g/mol. The minimum Gasteiger partial charge on any atom is -0.389 e. The van der Waals surface area contributed by atoms with E-state index in [1.807, 2.05) is 0 Å². The van der Waals surface area contributed by atoms with Gasteiger partial charge in [0, 0.05) is 5.88 Å². The molecule has 2 atom stereocenters. The molecule has 2 fully saturated rings. The van der Waals surface area contributed by atoms with Crippen LogP contribution in [-0.2, 0) is 0 Å². The summed E-state index contributed by atoms with van der Waals surface area (Å²) in [6.45, 7) is 0. The van der Waals surface area contributed by atoms with Crippen molar-refractivity contribution in [3.05, 3.63) is 0 Å². The van der Waals surface area contributed by atoms with Crippen LogP contribution in [0.1, 0.15) is 38.5 Å². The van der Waals surface area contributed by atoms with E-state index in [-0.39, 0.29) is 5.60 Å². The van der Waals surface area contributed by atoms with Gasteiger partial charge in [-0.25, -0.2) is 0 Å². The highest BCUT2D eigenvalue weighted by atomic mass is 35.5. The molecule has 0 saturated heterocycles. The third-order valence-electron chi connectivity index (χ3n) is 3.69. The molecular formula is C10H17ClO. The van der Waals surface area contributed by atoms with Crippen LogP contribution in [0.5, 0.6) is 0 Å². The lowest BCUT2D eigenvalue weighted by Gasteiger charge is -2.10. The summed E-state index contributed by atoms with van der Waals surface area (Å²) >= 11 is 5.67. The van der Waals surface area contributed by atoms with Crippen LogP contribution in [0, 0.1) is 11.8 Å². The summed E-state index contributed by atoms with van der Waals surface area (Å²) in [6.07, 6.45) is 7.27. The number of halogens is 1. The van der Waals surface area contributed by atoms with Gasteiger partial charge in [-0.1, -0.05) is 19.3 Å². The Labute approximate surface area is 79.1 Å². The maximum Gasteiger partial charge on any atom is 0.0722 e. The summed E-state index contributed by atoms with van der Waals surface area (Å²) in [5.41, 5.74) is -0.345. The molecule has 0 aromatic carbocycles. The smallest absolute Gasteiger partial charge is 0.0722 e. The van der Waals surface area contributed by atoms with Crippen LogP contribution in [0.2, 0.25) is 0 Å². The second kappa shape index (κ2) is 3.19. The highest BCUT2D eigenvalue weighted by Gasteiger charge is 2.61. The first-order valence-electron chi connectivity index (χ1n) is 5.07. The van der Waals surface area contributed by atoms with E-state index in [4.69, 9.17) is 11.6 Å². The van der Waals surface area contributed by atoms with E-state index in [1.165, 1.54) is 32.1 Å². The molecule has 0 radical (unpaired) electrons. The van der Waals surface area contributed by atoms with Crippen molar-refractivity contribution in [1.29, 1.82) is 0 Å². The number of hydrogen-bond donors (Lipinski definition) is 1. The van der Waals surface area contributed by atoms with Gasteiger partial charge in [-0.05, 0) is 31.1 Å². The zero-order valence-corrected chi connectivity index (χ0v) is 8.19. The van der Waals surface area contributed by atoms with Crippen molar-refractivity contribution in [2.75, 3.05) is 5.88 Å². The molecule has 2 saturated carbocycles. The molecule has 0 heterocycles. The van der Waals surface area contributed by atoms with Crippen LogP contribution in [0.4, 0.5) is 0 Å². The van der Waals surface area contributed by atoms with Gasteiger partial charge in [0.1, 0.15) is 0 Å². The van der Waals surface area contributed by atoms with E-state index in [0.29, 0.717) is 17.7 Å². The van der Waals surface area contributed by atoms with Gasteiger partial charge in [0.2, 0.25) is 0 Å². The molecule has 70 valence electrons. The van der Waals surface area contributed by atoms with Crippen LogP contribution in [0.15, 0.2) is 0 Å². The Balaban J connectivity index is 1.95. The summed E-state index contributed by atoms with van der Waals surface area (Å²) in [5, 5.41) is 10.1. The van der Waals surface area contributed by atoms with Crippen molar-refractivity contribution >= 4 is 11.6 Å².